The number of hydrogen-bond acceptors (Lipinski definition) is 5. The molecule has 0 radical (unpaired) electrons. The zero-order chi connectivity index (χ0) is 21.1. The van der Waals surface area contributed by atoms with Crippen molar-refractivity contribution < 1.29 is 23.5 Å². The molecule has 1 N–H and O–H groups in total. The summed E-state index contributed by atoms with van der Waals surface area (Å²) in [6.45, 7) is 0.108. The van der Waals surface area contributed by atoms with E-state index in [-0.39, 0.29) is 18.4 Å². The Morgan fingerprint density at radius 1 is 1.17 bits per heavy atom. The van der Waals surface area contributed by atoms with Crippen LogP contribution in [0.2, 0.25) is 0 Å². The fourth-order valence-electron chi connectivity index (χ4n) is 4.97. The first-order chi connectivity index (χ1) is 14.6. The van der Waals surface area contributed by atoms with Crippen molar-refractivity contribution in [2.75, 3.05) is 13.7 Å². The van der Waals surface area contributed by atoms with Gasteiger partial charge >= 0.3 is 5.97 Å². The molecule has 7 nitrogen and oxygen atoms in total. The third-order valence-electron chi connectivity index (χ3n) is 6.33. The summed E-state index contributed by atoms with van der Waals surface area (Å²) in [5, 5.41) is 2.73. The van der Waals surface area contributed by atoms with Crippen LogP contribution in [-0.4, -0.2) is 41.9 Å². The van der Waals surface area contributed by atoms with E-state index in [9.17, 15) is 14.4 Å². The van der Waals surface area contributed by atoms with E-state index in [1.807, 2.05) is 29.2 Å². The summed E-state index contributed by atoms with van der Waals surface area (Å²) in [5.41, 5.74) is 0.595. The largest absolute Gasteiger partial charge is 0.468 e. The molecule has 4 rings (SSSR count). The van der Waals surface area contributed by atoms with Gasteiger partial charge in [0.05, 0.1) is 31.4 Å². The monoisotopic (exact) mass is 410 g/mol. The van der Waals surface area contributed by atoms with Crippen molar-refractivity contribution in [1.29, 1.82) is 0 Å². The van der Waals surface area contributed by atoms with E-state index in [2.05, 4.69) is 10.1 Å². The molecule has 158 valence electrons. The molecule has 1 spiro atoms. The molecule has 2 amide bonds. The highest BCUT2D eigenvalue weighted by atomic mass is 16.5. The van der Waals surface area contributed by atoms with Crippen LogP contribution < -0.4 is 5.32 Å². The fraction of sp³-hybridized carbons (Fsp3) is 0.435. The van der Waals surface area contributed by atoms with E-state index in [4.69, 9.17) is 4.42 Å². The van der Waals surface area contributed by atoms with Crippen LogP contribution >= 0.6 is 0 Å². The fourth-order valence-corrected chi connectivity index (χ4v) is 4.97. The Morgan fingerprint density at radius 2 is 1.93 bits per heavy atom. The molecule has 30 heavy (non-hydrogen) atoms. The summed E-state index contributed by atoms with van der Waals surface area (Å²) in [4.78, 5) is 40.5. The minimum absolute atomic E-state index is 0.0825. The Labute approximate surface area is 175 Å². The smallest absolute Gasteiger partial charge is 0.325 e. The number of methoxy groups -OCH3 is 1. The molecule has 1 atom stereocenters. The lowest BCUT2D eigenvalue weighted by Crippen LogP contribution is -2.62. The SMILES string of the molecule is COC(=O)CNC(=O)[C@@H]1c2ccccc2C(=O)N(Cc2ccco2)C12CCCCC2. The maximum atomic E-state index is 13.6. The number of nitrogens with zero attached hydrogens (tertiary/aromatic N) is 1. The van der Waals surface area contributed by atoms with Crippen LogP contribution in [0.25, 0.3) is 0 Å². The Hall–Kier alpha value is -3.09. The van der Waals surface area contributed by atoms with E-state index in [0.717, 1.165) is 37.7 Å². The number of carbonyl (C=O) groups excluding carboxylic acids is 3. The van der Waals surface area contributed by atoms with Crippen LogP contribution in [0.4, 0.5) is 0 Å². The average molecular weight is 410 g/mol. The molecule has 0 bridgehead atoms. The molecular formula is C23H26N2O5. The summed E-state index contributed by atoms with van der Waals surface area (Å²) in [7, 11) is 1.29. The van der Waals surface area contributed by atoms with Gasteiger partial charge < -0.3 is 19.4 Å². The van der Waals surface area contributed by atoms with Crippen molar-refractivity contribution >= 4 is 17.8 Å². The molecule has 2 aliphatic rings. The van der Waals surface area contributed by atoms with Gasteiger partial charge in [0.1, 0.15) is 12.3 Å². The van der Waals surface area contributed by atoms with Gasteiger partial charge in [-0.05, 0) is 36.6 Å². The topological polar surface area (TPSA) is 88.8 Å². The quantitative estimate of drug-likeness (QED) is 0.766. The number of ether oxygens (including phenoxy) is 1. The Balaban J connectivity index is 1.79. The molecule has 0 saturated heterocycles. The van der Waals surface area contributed by atoms with Crippen molar-refractivity contribution in [3.8, 4) is 0 Å². The molecule has 1 aliphatic carbocycles. The number of carbonyl (C=O) groups is 3. The van der Waals surface area contributed by atoms with Crippen LogP contribution in [-0.2, 0) is 20.9 Å². The second-order valence-electron chi connectivity index (χ2n) is 7.95. The van der Waals surface area contributed by atoms with Gasteiger partial charge in [-0.15, -0.1) is 0 Å². The van der Waals surface area contributed by atoms with Crippen molar-refractivity contribution in [1.82, 2.24) is 10.2 Å². The summed E-state index contributed by atoms with van der Waals surface area (Å²) in [6.07, 6.45) is 5.98. The Bertz CT molecular complexity index is 931. The van der Waals surface area contributed by atoms with E-state index < -0.39 is 17.4 Å². The van der Waals surface area contributed by atoms with Crippen LogP contribution in [0, 0.1) is 0 Å². The standard InChI is InChI=1S/C23H26N2O5/c1-29-19(26)14-24-21(27)20-17-9-3-4-10-18(17)22(28)25(15-16-8-7-13-30-16)23(20)11-5-2-6-12-23/h3-4,7-10,13,20H,2,5-6,11-12,14-15H2,1H3,(H,24,27)/t20-/m0/s1. The van der Waals surface area contributed by atoms with Gasteiger partial charge in [0, 0.05) is 5.56 Å². The van der Waals surface area contributed by atoms with Crippen molar-refractivity contribution in [2.24, 2.45) is 0 Å². The zero-order valence-electron chi connectivity index (χ0n) is 17.1. The van der Waals surface area contributed by atoms with Gasteiger partial charge in [-0.1, -0.05) is 37.5 Å². The highest BCUT2D eigenvalue weighted by Crippen LogP contribution is 2.49. The van der Waals surface area contributed by atoms with Crippen molar-refractivity contribution in [2.45, 2.75) is 50.1 Å². The predicted octanol–water partition coefficient (Wildman–Crippen LogP) is 3.01. The predicted molar refractivity (Wildman–Crippen MR) is 109 cm³/mol. The van der Waals surface area contributed by atoms with Crippen molar-refractivity contribution in [3.05, 3.63) is 59.5 Å². The summed E-state index contributed by atoms with van der Waals surface area (Å²) >= 11 is 0. The average Bonchev–Trinajstić information content (AvgIpc) is 3.29. The lowest BCUT2D eigenvalue weighted by atomic mass is 9.65. The number of nitrogens with one attached hydrogen (secondary N) is 1. The van der Waals surface area contributed by atoms with Gasteiger partial charge in [0.25, 0.3) is 5.91 Å². The number of hydrogen-bond donors (Lipinski definition) is 1. The first kappa shape index (κ1) is 20.2. The van der Waals surface area contributed by atoms with Crippen LogP contribution in [0.1, 0.15) is 59.7 Å². The molecule has 1 aromatic carbocycles. The molecule has 1 aliphatic heterocycles. The lowest BCUT2D eigenvalue weighted by molar-refractivity contribution is -0.142. The zero-order valence-corrected chi connectivity index (χ0v) is 17.1. The number of esters is 1. The first-order valence-electron chi connectivity index (χ1n) is 10.3. The second kappa shape index (κ2) is 8.34. The van der Waals surface area contributed by atoms with E-state index in [1.165, 1.54) is 7.11 Å². The summed E-state index contributed by atoms with van der Waals surface area (Å²) in [5.74, 6) is -0.728. The molecule has 0 unspecified atom stereocenters. The number of amides is 2. The van der Waals surface area contributed by atoms with Gasteiger partial charge in [0.15, 0.2) is 0 Å². The minimum Gasteiger partial charge on any atom is -0.468 e. The molecule has 1 aromatic heterocycles. The normalized spacial score (nSPS) is 20.0. The molecule has 1 saturated carbocycles. The third-order valence-corrected chi connectivity index (χ3v) is 6.33. The number of furan rings is 1. The number of rotatable bonds is 5. The lowest BCUT2D eigenvalue weighted by Gasteiger charge is -2.53. The Kier molecular flexibility index (Phi) is 5.61. The first-order valence-corrected chi connectivity index (χ1v) is 10.3. The maximum Gasteiger partial charge on any atom is 0.325 e. The summed E-state index contributed by atoms with van der Waals surface area (Å²) < 4.78 is 10.2. The van der Waals surface area contributed by atoms with Gasteiger partial charge in [-0.3, -0.25) is 14.4 Å². The maximum absolute atomic E-state index is 13.6. The molecule has 1 fully saturated rings. The highest BCUT2D eigenvalue weighted by molar-refractivity contribution is 6.02. The van der Waals surface area contributed by atoms with Gasteiger partial charge in [-0.2, -0.15) is 0 Å². The Morgan fingerprint density at radius 3 is 2.63 bits per heavy atom. The highest BCUT2D eigenvalue weighted by Gasteiger charge is 2.54. The van der Waals surface area contributed by atoms with Crippen LogP contribution in [0.5, 0.6) is 0 Å². The van der Waals surface area contributed by atoms with E-state index >= 15 is 0 Å². The molecule has 2 heterocycles. The summed E-state index contributed by atoms with van der Waals surface area (Å²) in [6, 6.07) is 10.9. The van der Waals surface area contributed by atoms with Crippen LogP contribution in [0.15, 0.2) is 47.1 Å². The third kappa shape index (κ3) is 3.49. The molecule has 2 aromatic rings. The van der Waals surface area contributed by atoms with Crippen LogP contribution in [0.3, 0.4) is 0 Å². The van der Waals surface area contributed by atoms with Gasteiger partial charge in [0.2, 0.25) is 5.91 Å². The second-order valence-corrected chi connectivity index (χ2v) is 7.95. The molecule has 7 heteroatoms. The number of fused-ring (bicyclic) bond motifs is 1. The molecular weight excluding hydrogens is 384 g/mol. The minimum atomic E-state index is -0.656. The number of benzene rings is 1. The van der Waals surface area contributed by atoms with E-state index in [0.29, 0.717) is 17.9 Å². The van der Waals surface area contributed by atoms with Crippen molar-refractivity contribution in [3.63, 3.8) is 0 Å². The van der Waals surface area contributed by atoms with E-state index in [1.54, 1.807) is 18.4 Å². The van der Waals surface area contributed by atoms with Gasteiger partial charge in [-0.25, -0.2) is 0 Å².